The van der Waals surface area contributed by atoms with E-state index in [-0.39, 0.29) is 87.1 Å². The molecule has 4 unspecified atom stereocenters. The number of carbonyl (C=O) groups is 4. The summed E-state index contributed by atoms with van der Waals surface area (Å²) in [4.78, 5) is 81.2. The molecule has 0 fully saturated rings. The Bertz CT molecular complexity index is 3950. The fourth-order valence-corrected chi connectivity index (χ4v) is 12.3. The number of aliphatic hydroxyl groups is 1. The van der Waals surface area contributed by atoms with E-state index >= 15 is 0 Å². The molecule has 0 spiro atoms. The zero-order valence-electron chi connectivity index (χ0n) is 54.3. The molecule has 6 aromatic rings. The number of oxime groups is 1. The van der Waals surface area contributed by atoms with Crippen LogP contribution in [0.4, 0.5) is 26.3 Å². The normalized spacial score (nSPS) is 14.4. The van der Waals surface area contributed by atoms with Crippen LogP contribution < -0.4 is 16.0 Å². The highest BCUT2D eigenvalue weighted by Gasteiger charge is 2.35. The van der Waals surface area contributed by atoms with Crippen molar-refractivity contribution in [1.29, 1.82) is 0 Å². The maximum absolute atomic E-state index is 14.2. The van der Waals surface area contributed by atoms with Crippen LogP contribution in [0.1, 0.15) is 151 Å². The average Bonchev–Trinajstić information content (AvgIpc) is 1.71. The van der Waals surface area contributed by atoms with Crippen LogP contribution in [0, 0.1) is 25.6 Å². The number of benzene rings is 3. The SMILES string of the molecule is CCC/C(=N/OCC)C1=C(O)CC(CC(C)SCC)CC1=O.CCCCCC(C)OC(=O)COc1ccc(Cl)c2cccnc12.CCOC(=O)C(Cl)Cc1cc(-n2nc(C)n(C(F)F)c2=O)c(F)cc1Cl.Cc1[nH]n(C)c(=O)c1C(=O)c1ccc(C(F)(F)F)cc1S(C)(=O)=O. The number of carbonyl (C=O) groups excluding carboxylic acids is 4. The molecule has 0 bridgehead atoms. The number of sulfone groups is 1. The lowest BCUT2D eigenvalue weighted by Gasteiger charge is -2.25. The van der Waals surface area contributed by atoms with Crippen LogP contribution in [0.25, 0.3) is 16.6 Å². The molecule has 0 radical (unpaired) electrons. The molecule has 2 N–H and O–H groups in total. The summed E-state index contributed by atoms with van der Waals surface area (Å²) in [5.41, 5.74) is -2.23. The Morgan fingerprint density at radius 2 is 1.63 bits per heavy atom. The lowest BCUT2D eigenvalue weighted by molar-refractivity contribution is -0.151. The Balaban J connectivity index is 0.000000270. The number of ether oxygens (including phenoxy) is 3. The molecule has 0 saturated carbocycles. The molecule has 7 rings (SSSR count). The van der Waals surface area contributed by atoms with Crippen LogP contribution in [-0.2, 0) is 58.2 Å². The van der Waals surface area contributed by atoms with E-state index in [1.165, 1.54) is 20.9 Å². The molecule has 3 heterocycles. The van der Waals surface area contributed by atoms with Crippen LogP contribution in [0.2, 0.25) is 10.0 Å². The number of aryl methyl sites for hydroxylation is 3. The first-order valence-corrected chi connectivity index (χ1v) is 34.4. The molecule has 1 aliphatic rings. The summed E-state index contributed by atoms with van der Waals surface area (Å²) in [6, 6.07) is 10.9. The zero-order chi connectivity index (χ0) is 71.2. The largest absolute Gasteiger partial charge is 0.511 e. The molecular weight excluding hydrogens is 1360 g/mol. The third-order valence-corrected chi connectivity index (χ3v) is 17.4. The molecular formula is C64H78Cl3F6N7O13S2. The van der Waals surface area contributed by atoms with Crippen LogP contribution in [0.5, 0.6) is 5.75 Å². The van der Waals surface area contributed by atoms with Crippen LogP contribution in [0.15, 0.2) is 91.8 Å². The van der Waals surface area contributed by atoms with Gasteiger partial charge < -0.3 is 24.2 Å². The Kier molecular flexibility index (Phi) is 31.6. The lowest BCUT2D eigenvalue weighted by atomic mass is 9.82. The van der Waals surface area contributed by atoms with Gasteiger partial charge in [-0.3, -0.25) is 33.9 Å². The van der Waals surface area contributed by atoms with Crippen molar-refractivity contribution >= 4 is 96.5 Å². The second kappa shape index (κ2) is 37.4. The van der Waals surface area contributed by atoms with Crippen molar-refractivity contribution in [1.82, 2.24) is 29.1 Å². The molecule has 4 atom stereocenters. The first-order valence-electron chi connectivity index (χ1n) is 30.2. The summed E-state index contributed by atoms with van der Waals surface area (Å²) >= 11 is 19.9. The van der Waals surface area contributed by atoms with Gasteiger partial charge in [0.1, 0.15) is 46.1 Å². The van der Waals surface area contributed by atoms with Crippen molar-refractivity contribution < 1.29 is 78.1 Å². The summed E-state index contributed by atoms with van der Waals surface area (Å²) < 4.78 is 120. The van der Waals surface area contributed by atoms with Crippen molar-refractivity contribution in [2.24, 2.45) is 18.1 Å². The summed E-state index contributed by atoms with van der Waals surface area (Å²) in [6.07, 6.45) is 5.21. The fraction of sp³-hybridized carbons (Fsp3) is 0.484. The van der Waals surface area contributed by atoms with Gasteiger partial charge in [0, 0.05) is 65.7 Å². The number of unbranched alkanes of at least 4 members (excludes halogenated alkanes) is 2. The van der Waals surface area contributed by atoms with Crippen molar-refractivity contribution in [3.05, 3.63) is 143 Å². The number of pyridine rings is 1. The Hall–Kier alpha value is -7.14. The van der Waals surface area contributed by atoms with E-state index in [0.717, 1.165) is 72.5 Å². The molecule has 0 amide bonds. The maximum atomic E-state index is 14.2. The van der Waals surface area contributed by atoms with Crippen molar-refractivity contribution in [2.75, 3.05) is 31.8 Å². The number of aromatic amines is 1. The number of nitrogens with zero attached hydrogens (tertiary/aromatic N) is 6. The highest BCUT2D eigenvalue weighted by Crippen LogP contribution is 2.35. The molecule has 0 saturated heterocycles. The number of hydrogen-bond donors (Lipinski definition) is 2. The highest BCUT2D eigenvalue weighted by molar-refractivity contribution is 7.99. The van der Waals surface area contributed by atoms with E-state index < -0.39 is 72.8 Å². The number of Topliss-reactive ketones (excluding diaryl/α,β-unsaturated/α-hetero) is 1. The van der Waals surface area contributed by atoms with Crippen molar-refractivity contribution in [2.45, 2.75) is 161 Å². The van der Waals surface area contributed by atoms with E-state index in [2.05, 4.69) is 41.1 Å². The van der Waals surface area contributed by atoms with Gasteiger partial charge >= 0.3 is 30.4 Å². The molecule has 1 aliphatic carbocycles. The second-order valence-corrected chi connectivity index (χ2v) is 26.8. The number of nitrogens with one attached hydrogen (secondary N) is 1. The van der Waals surface area contributed by atoms with Gasteiger partial charge in [-0.05, 0) is 132 Å². The standard InChI is InChI=1S/C18H22ClNO3.C17H29NO3S.C15H14Cl2F3N3O3.C14H13F3N2O4S/c1-3-4-5-7-13(2)23-17(21)12-22-16-10-9-15(19)14-8-6-11-20-18(14)16;1-5-8-14(18-21-6-2)17-15(19)10-13(11-16(17)20)9-12(4)22-7-3;1-3-26-13(24)10(17)4-8-5-12(11(18)6-9(8)16)23-15(25)22(14(19)20)7(2)21-23;1-7-11(13(21)19(2)18-7)12(20)9-5-4-8(14(15,16)17)6-10(9)24(3,22)23/h6,8-11,13H,3-5,7,12H2,1-2H3;12-13,19H,5-11H2,1-4H3;5-6,10,14H,3-4H2,1-2H3;4-6,18H,1-3H3/b;18-14-;;. The molecule has 95 heavy (non-hydrogen) atoms. The number of thioether (sulfide) groups is 1. The second-order valence-electron chi connectivity index (χ2n) is 21.8. The summed E-state index contributed by atoms with van der Waals surface area (Å²) in [5, 5.41) is 21.4. The maximum Gasteiger partial charge on any atom is 0.416 e. The smallest absolute Gasteiger partial charge is 0.416 e. The number of aromatic nitrogens is 6. The average molecular weight is 1440 g/mol. The van der Waals surface area contributed by atoms with E-state index in [4.69, 9.17) is 53.9 Å². The number of hydrogen-bond acceptors (Lipinski definition) is 17. The van der Waals surface area contributed by atoms with E-state index in [9.17, 15) is 68.6 Å². The number of esters is 2. The molecule has 3 aromatic heterocycles. The number of aliphatic hydroxyl groups excluding tert-OH is 1. The van der Waals surface area contributed by atoms with Crippen LogP contribution in [0.3, 0.4) is 0 Å². The number of rotatable bonds is 26. The van der Waals surface area contributed by atoms with Gasteiger partial charge in [0.15, 0.2) is 28.0 Å². The van der Waals surface area contributed by atoms with Gasteiger partial charge in [-0.1, -0.05) is 75.3 Å². The molecule has 31 heteroatoms. The minimum Gasteiger partial charge on any atom is -0.511 e. The quantitative estimate of drug-likeness (QED) is 0.00972. The minimum absolute atomic E-state index is 0.00866. The predicted molar refractivity (Wildman–Crippen MR) is 353 cm³/mol. The van der Waals surface area contributed by atoms with Crippen molar-refractivity contribution in [3.63, 3.8) is 0 Å². The monoisotopic (exact) mass is 1440 g/mol. The Morgan fingerprint density at radius 1 is 0.937 bits per heavy atom. The number of fused-ring (bicyclic) bond motifs is 1. The lowest BCUT2D eigenvalue weighted by Crippen LogP contribution is -2.26. The third kappa shape index (κ3) is 23.0. The predicted octanol–water partition coefficient (Wildman–Crippen LogP) is 14.2. The molecule has 522 valence electrons. The Labute approximate surface area is 565 Å². The first-order chi connectivity index (χ1) is 44.6. The van der Waals surface area contributed by atoms with Gasteiger partial charge in [-0.2, -0.15) is 38.4 Å². The number of alkyl halides is 6. The van der Waals surface area contributed by atoms with Gasteiger partial charge in [0.25, 0.3) is 5.56 Å². The highest BCUT2D eigenvalue weighted by atomic mass is 35.5. The number of ketones is 2. The van der Waals surface area contributed by atoms with Gasteiger partial charge in [0.2, 0.25) is 5.78 Å². The van der Waals surface area contributed by atoms with E-state index in [0.29, 0.717) is 81.8 Å². The topological polar surface area (TPSA) is 262 Å². The minimum atomic E-state index is -4.76. The number of H-pyrrole nitrogens is 1. The van der Waals surface area contributed by atoms with E-state index in [1.807, 2.05) is 44.7 Å². The molecule has 3 aromatic carbocycles. The van der Waals surface area contributed by atoms with Gasteiger partial charge in [-0.25, -0.2) is 27.0 Å². The molecule has 0 aliphatic heterocycles. The first kappa shape index (κ1) is 80.3. The molecule has 20 nitrogen and oxygen atoms in total. The number of allylic oxidation sites excluding steroid dienone is 2. The fourth-order valence-electron chi connectivity index (χ4n) is 9.80. The zero-order valence-corrected chi connectivity index (χ0v) is 58.2. The third-order valence-electron chi connectivity index (χ3n) is 14.2. The van der Waals surface area contributed by atoms with E-state index in [1.54, 1.807) is 25.3 Å². The van der Waals surface area contributed by atoms with Crippen molar-refractivity contribution in [3.8, 4) is 11.4 Å². The van der Waals surface area contributed by atoms with Crippen LogP contribution >= 0.6 is 46.6 Å². The van der Waals surface area contributed by atoms with Crippen LogP contribution in [-0.4, -0.2) is 120 Å². The Morgan fingerprint density at radius 3 is 2.20 bits per heavy atom. The number of halogens is 9. The summed E-state index contributed by atoms with van der Waals surface area (Å²) in [6.45, 7) is 13.8. The summed E-state index contributed by atoms with van der Waals surface area (Å²) in [7, 11) is -2.77. The van der Waals surface area contributed by atoms with Gasteiger partial charge in [0.05, 0.1) is 39.5 Å². The van der Waals surface area contributed by atoms with Gasteiger partial charge in [-0.15, -0.1) is 16.7 Å². The summed E-state index contributed by atoms with van der Waals surface area (Å²) in [5.74, 6) is -1.19.